The lowest BCUT2D eigenvalue weighted by Gasteiger charge is -2.12. The second-order valence-corrected chi connectivity index (χ2v) is 5.32. The highest BCUT2D eigenvalue weighted by Gasteiger charge is 2.13. The van der Waals surface area contributed by atoms with Crippen molar-refractivity contribution in [2.24, 2.45) is 0 Å². The Morgan fingerprint density at radius 3 is 2.53 bits per heavy atom. The summed E-state index contributed by atoms with van der Waals surface area (Å²) in [5.41, 5.74) is 1.14. The van der Waals surface area contributed by atoms with Gasteiger partial charge in [-0.15, -0.1) is 0 Å². The quantitative estimate of drug-likeness (QED) is 0.904. The fraction of sp³-hybridized carbons (Fsp3) is 0.200. The summed E-state index contributed by atoms with van der Waals surface area (Å²) in [4.78, 5) is 0. The smallest absolute Gasteiger partial charge is 0.162 e. The van der Waals surface area contributed by atoms with Crippen LogP contribution in [0, 0.1) is 11.6 Å². The molecule has 0 aliphatic rings. The maximum Gasteiger partial charge on any atom is 0.162 e. The molecular weight excluding hydrogens is 314 g/mol. The minimum atomic E-state index is -0.882. The molecule has 0 heterocycles. The third kappa shape index (κ3) is 3.85. The number of hydrogen-bond acceptors (Lipinski definition) is 1. The molecule has 19 heavy (non-hydrogen) atoms. The van der Waals surface area contributed by atoms with Gasteiger partial charge in [0.15, 0.2) is 11.6 Å². The molecule has 0 radical (unpaired) electrons. The Balaban J connectivity index is 2.05. The molecule has 2 aromatic rings. The zero-order valence-corrected chi connectivity index (χ0v) is 11.7. The molecule has 1 unspecified atom stereocenters. The van der Waals surface area contributed by atoms with Gasteiger partial charge in [-0.3, -0.25) is 0 Å². The van der Waals surface area contributed by atoms with Crippen LogP contribution in [-0.4, -0.2) is 11.2 Å². The number of aliphatic hydroxyl groups excluding tert-OH is 1. The van der Waals surface area contributed by atoms with Gasteiger partial charge >= 0.3 is 0 Å². The van der Waals surface area contributed by atoms with E-state index in [1.54, 1.807) is 0 Å². The monoisotopic (exact) mass is 326 g/mol. The molecule has 4 heteroatoms. The normalized spacial score (nSPS) is 12.4. The molecule has 0 spiro atoms. The van der Waals surface area contributed by atoms with Crippen molar-refractivity contribution in [3.8, 4) is 0 Å². The molecule has 0 saturated carbocycles. The Morgan fingerprint density at radius 2 is 1.79 bits per heavy atom. The van der Waals surface area contributed by atoms with Gasteiger partial charge < -0.3 is 5.11 Å². The van der Waals surface area contributed by atoms with Crippen LogP contribution in [0.5, 0.6) is 0 Å². The summed E-state index contributed by atoms with van der Waals surface area (Å²) in [5, 5.41) is 9.96. The van der Waals surface area contributed by atoms with Crippen LogP contribution < -0.4 is 0 Å². The zero-order chi connectivity index (χ0) is 13.8. The lowest BCUT2D eigenvalue weighted by Crippen LogP contribution is -2.15. The summed E-state index contributed by atoms with van der Waals surface area (Å²) in [6.45, 7) is 0. The summed E-state index contributed by atoms with van der Waals surface area (Å²) in [5.74, 6) is -1.76. The molecule has 0 saturated heterocycles. The van der Waals surface area contributed by atoms with Crippen molar-refractivity contribution in [2.75, 3.05) is 0 Å². The van der Waals surface area contributed by atoms with E-state index in [9.17, 15) is 13.9 Å². The first kappa shape index (κ1) is 14.2. The van der Waals surface area contributed by atoms with E-state index in [4.69, 9.17) is 0 Å². The summed E-state index contributed by atoms with van der Waals surface area (Å²) in [6, 6.07) is 11.5. The van der Waals surface area contributed by atoms with Gasteiger partial charge in [0.1, 0.15) is 0 Å². The van der Waals surface area contributed by atoms with Crippen LogP contribution in [-0.2, 0) is 12.8 Å². The molecule has 1 N–H and O–H groups in total. The van der Waals surface area contributed by atoms with E-state index in [-0.39, 0.29) is 12.0 Å². The average molecular weight is 327 g/mol. The molecule has 0 aromatic heterocycles. The van der Waals surface area contributed by atoms with Gasteiger partial charge in [-0.2, -0.15) is 0 Å². The van der Waals surface area contributed by atoms with Crippen LogP contribution in [0.25, 0.3) is 0 Å². The first-order chi connectivity index (χ1) is 9.06. The fourth-order valence-corrected chi connectivity index (χ4v) is 2.41. The Morgan fingerprint density at radius 1 is 1.05 bits per heavy atom. The Bertz CT molecular complexity index is 572. The van der Waals surface area contributed by atoms with Crippen molar-refractivity contribution in [1.29, 1.82) is 0 Å². The maximum absolute atomic E-state index is 13.5. The largest absolute Gasteiger partial charge is 0.392 e. The van der Waals surface area contributed by atoms with E-state index in [0.29, 0.717) is 6.42 Å². The minimum absolute atomic E-state index is 0.0934. The van der Waals surface area contributed by atoms with Gasteiger partial charge in [-0.25, -0.2) is 8.78 Å². The van der Waals surface area contributed by atoms with Crippen LogP contribution in [0.3, 0.4) is 0 Å². The summed E-state index contributed by atoms with van der Waals surface area (Å²) in [7, 11) is 0. The van der Waals surface area contributed by atoms with Crippen LogP contribution in [0.1, 0.15) is 11.1 Å². The summed E-state index contributed by atoms with van der Waals surface area (Å²) >= 11 is 3.35. The number of rotatable bonds is 4. The van der Waals surface area contributed by atoms with Crippen LogP contribution in [0.15, 0.2) is 46.9 Å². The van der Waals surface area contributed by atoms with Gasteiger partial charge in [-0.05, 0) is 35.7 Å². The lowest BCUT2D eigenvalue weighted by atomic mass is 10.0. The van der Waals surface area contributed by atoms with Crippen molar-refractivity contribution in [1.82, 2.24) is 0 Å². The van der Waals surface area contributed by atoms with E-state index < -0.39 is 17.7 Å². The predicted octanol–water partition coefficient (Wildman–Crippen LogP) is 3.87. The van der Waals surface area contributed by atoms with E-state index >= 15 is 0 Å². The first-order valence-corrected chi connectivity index (χ1v) is 6.71. The predicted molar refractivity (Wildman–Crippen MR) is 73.9 cm³/mol. The third-order valence-electron chi connectivity index (χ3n) is 2.85. The number of halogens is 3. The number of hydrogen-bond donors (Lipinski definition) is 1. The van der Waals surface area contributed by atoms with Gasteiger partial charge in [0, 0.05) is 10.9 Å². The van der Waals surface area contributed by atoms with Crippen LogP contribution in [0.4, 0.5) is 8.78 Å². The van der Waals surface area contributed by atoms with E-state index in [0.717, 1.165) is 16.1 Å². The van der Waals surface area contributed by atoms with Crippen molar-refractivity contribution in [3.63, 3.8) is 0 Å². The molecular formula is C15H13BrF2O. The lowest BCUT2D eigenvalue weighted by molar-refractivity contribution is 0.174. The number of aliphatic hydroxyl groups is 1. The Kier molecular flexibility index (Phi) is 4.66. The van der Waals surface area contributed by atoms with E-state index in [2.05, 4.69) is 15.9 Å². The van der Waals surface area contributed by atoms with Crippen molar-refractivity contribution >= 4 is 15.9 Å². The molecule has 0 fully saturated rings. The molecule has 2 rings (SSSR count). The van der Waals surface area contributed by atoms with E-state index in [1.165, 1.54) is 12.1 Å². The second kappa shape index (κ2) is 6.26. The maximum atomic E-state index is 13.5. The zero-order valence-electron chi connectivity index (χ0n) is 10.1. The van der Waals surface area contributed by atoms with Crippen LogP contribution >= 0.6 is 15.9 Å². The van der Waals surface area contributed by atoms with Gasteiger partial charge in [0.05, 0.1) is 6.10 Å². The molecule has 0 bridgehead atoms. The van der Waals surface area contributed by atoms with E-state index in [1.807, 2.05) is 24.3 Å². The minimum Gasteiger partial charge on any atom is -0.392 e. The second-order valence-electron chi connectivity index (χ2n) is 4.40. The molecule has 0 aliphatic carbocycles. The van der Waals surface area contributed by atoms with Crippen molar-refractivity contribution in [3.05, 3.63) is 69.7 Å². The highest BCUT2D eigenvalue weighted by atomic mass is 79.9. The molecule has 100 valence electrons. The molecule has 1 atom stereocenters. The topological polar surface area (TPSA) is 20.2 Å². The van der Waals surface area contributed by atoms with Crippen molar-refractivity contribution < 1.29 is 13.9 Å². The molecule has 1 nitrogen and oxygen atoms in total. The van der Waals surface area contributed by atoms with Crippen LogP contribution in [0.2, 0.25) is 0 Å². The molecule has 2 aromatic carbocycles. The highest BCUT2D eigenvalue weighted by molar-refractivity contribution is 9.10. The SMILES string of the molecule is OC(Cc1cccc(Br)c1)Cc1cccc(F)c1F. The summed E-state index contributed by atoms with van der Waals surface area (Å²) in [6.07, 6.45) is -0.253. The summed E-state index contributed by atoms with van der Waals surface area (Å²) < 4.78 is 27.4. The van der Waals surface area contributed by atoms with Gasteiger partial charge in [-0.1, -0.05) is 40.2 Å². The van der Waals surface area contributed by atoms with Crippen molar-refractivity contribution in [2.45, 2.75) is 18.9 Å². The molecule has 0 aliphatic heterocycles. The highest BCUT2D eigenvalue weighted by Crippen LogP contribution is 2.17. The van der Waals surface area contributed by atoms with Gasteiger partial charge in [0.25, 0.3) is 0 Å². The average Bonchev–Trinajstić information content (AvgIpc) is 2.35. The molecule has 0 amide bonds. The fourth-order valence-electron chi connectivity index (χ4n) is 1.97. The Labute approximate surface area is 119 Å². The number of benzene rings is 2. The third-order valence-corrected chi connectivity index (χ3v) is 3.34. The van der Waals surface area contributed by atoms with Gasteiger partial charge in [0.2, 0.25) is 0 Å². The first-order valence-electron chi connectivity index (χ1n) is 5.91. The standard InChI is InChI=1S/C15H13BrF2O/c16-12-5-1-3-10(7-12)8-13(19)9-11-4-2-6-14(17)15(11)18/h1-7,13,19H,8-9H2. The Hall–Kier alpha value is -1.26.